The molecule has 1 saturated heterocycles. The minimum Gasteiger partial charge on any atom is -0.494 e. The Kier molecular flexibility index (Phi) is 3.72. The van der Waals surface area contributed by atoms with E-state index in [-0.39, 0.29) is 5.56 Å². The van der Waals surface area contributed by atoms with Crippen LogP contribution in [-0.2, 0) is 0 Å². The summed E-state index contributed by atoms with van der Waals surface area (Å²) < 4.78 is 5.53. The lowest BCUT2D eigenvalue weighted by atomic mass is 10.1. The highest BCUT2D eigenvalue weighted by atomic mass is 32.2. The van der Waals surface area contributed by atoms with Gasteiger partial charge in [-0.1, -0.05) is 6.07 Å². The second-order valence-electron chi connectivity index (χ2n) is 3.87. The summed E-state index contributed by atoms with van der Waals surface area (Å²) in [6.45, 7) is 0.675. The van der Waals surface area contributed by atoms with Crippen molar-refractivity contribution in [1.82, 2.24) is 0 Å². The van der Waals surface area contributed by atoms with Crippen molar-refractivity contribution in [2.45, 2.75) is 6.42 Å². The number of thioether (sulfide) groups is 1. The van der Waals surface area contributed by atoms with Crippen LogP contribution in [0, 0.1) is 5.92 Å². The Morgan fingerprint density at radius 1 is 1.50 bits per heavy atom. The van der Waals surface area contributed by atoms with Crippen molar-refractivity contribution in [2.75, 3.05) is 18.1 Å². The number of benzene rings is 1. The monoisotopic (exact) mass is 238 g/mol. The van der Waals surface area contributed by atoms with E-state index in [1.165, 1.54) is 11.5 Å². The van der Waals surface area contributed by atoms with E-state index in [1.807, 2.05) is 11.8 Å². The van der Waals surface area contributed by atoms with Crippen LogP contribution in [0.25, 0.3) is 0 Å². The highest BCUT2D eigenvalue weighted by Crippen LogP contribution is 2.27. The predicted octanol–water partition coefficient (Wildman–Crippen LogP) is 2.52. The van der Waals surface area contributed by atoms with Crippen molar-refractivity contribution in [3.63, 3.8) is 0 Å². The SMILES string of the molecule is O=C(O)c1cccc(OCCC2CSC2)c1. The molecule has 0 radical (unpaired) electrons. The van der Waals surface area contributed by atoms with E-state index in [2.05, 4.69) is 0 Å². The molecule has 1 heterocycles. The van der Waals surface area contributed by atoms with Gasteiger partial charge < -0.3 is 9.84 Å². The molecule has 0 unspecified atom stereocenters. The Labute approximate surface area is 98.8 Å². The third kappa shape index (κ3) is 2.92. The molecule has 0 aromatic heterocycles. The van der Waals surface area contributed by atoms with Gasteiger partial charge in [-0.15, -0.1) is 0 Å². The van der Waals surface area contributed by atoms with E-state index in [9.17, 15) is 4.79 Å². The van der Waals surface area contributed by atoms with Gasteiger partial charge in [0.15, 0.2) is 0 Å². The molecule has 2 rings (SSSR count). The van der Waals surface area contributed by atoms with Crippen LogP contribution in [0.1, 0.15) is 16.8 Å². The van der Waals surface area contributed by atoms with Crippen molar-refractivity contribution in [1.29, 1.82) is 0 Å². The first-order valence-corrected chi connectivity index (χ1v) is 6.45. The van der Waals surface area contributed by atoms with Crippen LogP contribution >= 0.6 is 11.8 Å². The third-order valence-corrected chi connectivity index (χ3v) is 4.00. The van der Waals surface area contributed by atoms with Crippen molar-refractivity contribution in [3.8, 4) is 5.75 Å². The van der Waals surface area contributed by atoms with Crippen molar-refractivity contribution >= 4 is 17.7 Å². The van der Waals surface area contributed by atoms with Gasteiger partial charge >= 0.3 is 5.97 Å². The molecule has 0 amide bonds. The highest BCUT2D eigenvalue weighted by Gasteiger charge is 2.17. The van der Waals surface area contributed by atoms with Gasteiger partial charge in [0, 0.05) is 0 Å². The average Bonchev–Trinajstić information content (AvgIpc) is 2.22. The van der Waals surface area contributed by atoms with Crippen molar-refractivity contribution < 1.29 is 14.6 Å². The van der Waals surface area contributed by atoms with Gasteiger partial charge in [0.25, 0.3) is 0 Å². The fourth-order valence-corrected chi connectivity index (χ4v) is 2.42. The molecule has 0 saturated carbocycles. The summed E-state index contributed by atoms with van der Waals surface area (Å²) in [7, 11) is 0. The van der Waals surface area contributed by atoms with Gasteiger partial charge in [0.2, 0.25) is 0 Å². The second-order valence-corrected chi connectivity index (χ2v) is 4.95. The maximum absolute atomic E-state index is 10.7. The molecule has 1 aromatic rings. The number of aromatic carboxylic acids is 1. The molecule has 1 fully saturated rings. The van der Waals surface area contributed by atoms with E-state index in [1.54, 1.807) is 24.3 Å². The Morgan fingerprint density at radius 3 is 2.94 bits per heavy atom. The summed E-state index contributed by atoms with van der Waals surface area (Å²) in [5.41, 5.74) is 0.275. The van der Waals surface area contributed by atoms with Gasteiger partial charge in [0.05, 0.1) is 12.2 Å². The third-order valence-electron chi connectivity index (χ3n) is 2.58. The van der Waals surface area contributed by atoms with Gasteiger partial charge in [-0.25, -0.2) is 4.79 Å². The van der Waals surface area contributed by atoms with Crippen LogP contribution in [0.15, 0.2) is 24.3 Å². The van der Waals surface area contributed by atoms with Crippen LogP contribution in [0.4, 0.5) is 0 Å². The fraction of sp³-hybridized carbons (Fsp3) is 0.417. The predicted molar refractivity (Wildman–Crippen MR) is 64.3 cm³/mol. The van der Waals surface area contributed by atoms with Gasteiger partial charge in [-0.3, -0.25) is 0 Å². The van der Waals surface area contributed by atoms with E-state index < -0.39 is 5.97 Å². The molecule has 0 atom stereocenters. The number of carboxylic acids is 1. The molecule has 16 heavy (non-hydrogen) atoms. The zero-order chi connectivity index (χ0) is 11.4. The summed E-state index contributed by atoms with van der Waals surface area (Å²) in [6, 6.07) is 6.63. The lowest BCUT2D eigenvalue weighted by Gasteiger charge is -2.24. The number of carbonyl (C=O) groups is 1. The molecule has 86 valence electrons. The largest absolute Gasteiger partial charge is 0.494 e. The van der Waals surface area contributed by atoms with Crippen LogP contribution in [-0.4, -0.2) is 29.2 Å². The Morgan fingerprint density at radius 2 is 2.31 bits per heavy atom. The molecule has 1 aliphatic rings. The summed E-state index contributed by atoms with van der Waals surface area (Å²) in [5.74, 6) is 2.98. The summed E-state index contributed by atoms with van der Waals surface area (Å²) in [5, 5.41) is 8.81. The fourth-order valence-electron chi connectivity index (χ4n) is 1.51. The van der Waals surface area contributed by atoms with Crippen LogP contribution in [0.2, 0.25) is 0 Å². The number of hydrogen-bond donors (Lipinski definition) is 1. The van der Waals surface area contributed by atoms with Gasteiger partial charge in [-0.2, -0.15) is 11.8 Å². The topological polar surface area (TPSA) is 46.5 Å². The smallest absolute Gasteiger partial charge is 0.335 e. The number of rotatable bonds is 5. The van der Waals surface area contributed by atoms with E-state index >= 15 is 0 Å². The molecule has 0 spiro atoms. The summed E-state index contributed by atoms with van der Waals surface area (Å²) in [4.78, 5) is 10.7. The summed E-state index contributed by atoms with van der Waals surface area (Å²) in [6.07, 6.45) is 1.06. The van der Waals surface area contributed by atoms with Crippen LogP contribution in [0.5, 0.6) is 5.75 Å². The van der Waals surface area contributed by atoms with E-state index in [0.717, 1.165) is 12.3 Å². The zero-order valence-electron chi connectivity index (χ0n) is 8.89. The molecule has 0 bridgehead atoms. The Hall–Kier alpha value is -1.16. The van der Waals surface area contributed by atoms with E-state index in [0.29, 0.717) is 12.4 Å². The maximum atomic E-state index is 10.7. The van der Waals surface area contributed by atoms with Gasteiger partial charge in [0.1, 0.15) is 5.75 Å². The highest BCUT2D eigenvalue weighted by molar-refractivity contribution is 8.00. The average molecular weight is 238 g/mol. The first-order chi connectivity index (χ1) is 7.75. The standard InChI is InChI=1S/C12H14O3S/c13-12(14)10-2-1-3-11(6-10)15-5-4-9-7-16-8-9/h1-3,6,9H,4-5,7-8H2,(H,13,14). The molecule has 3 nitrogen and oxygen atoms in total. The van der Waals surface area contributed by atoms with E-state index in [4.69, 9.17) is 9.84 Å². The lowest BCUT2D eigenvalue weighted by Crippen LogP contribution is -2.20. The quantitative estimate of drug-likeness (QED) is 0.856. The minimum atomic E-state index is -0.916. The molecule has 1 N–H and O–H groups in total. The Balaban J connectivity index is 1.83. The molecule has 1 aliphatic heterocycles. The van der Waals surface area contributed by atoms with Gasteiger partial charge in [-0.05, 0) is 42.0 Å². The molecule has 1 aromatic carbocycles. The van der Waals surface area contributed by atoms with Crippen molar-refractivity contribution in [3.05, 3.63) is 29.8 Å². The van der Waals surface area contributed by atoms with Crippen LogP contribution < -0.4 is 4.74 Å². The normalized spacial score (nSPS) is 15.5. The summed E-state index contributed by atoms with van der Waals surface area (Å²) >= 11 is 1.96. The number of carboxylic acid groups (broad SMARTS) is 1. The first-order valence-electron chi connectivity index (χ1n) is 5.29. The lowest BCUT2D eigenvalue weighted by molar-refractivity contribution is 0.0696. The number of ether oxygens (including phenoxy) is 1. The minimum absolute atomic E-state index is 0.275. The molecule has 0 aliphatic carbocycles. The molecular weight excluding hydrogens is 224 g/mol. The molecular formula is C12H14O3S. The number of hydrogen-bond acceptors (Lipinski definition) is 3. The Bertz CT molecular complexity index is 374. The first kappa shape index (κ1) is 11.3. The van der Waals surface area contributed by atoms with Crippen molar-refractivity contribution in [2.24, 2.45) is 5.92 Å². The second kappa shape index (κ2) is 5.25. The van der Waals surface area contributed by atoms with Crippen LogP contribution in [0.3, 0.4) is 0 Å². The zero-order valence-corrected chi connectivity index (χ0v) is 9.70. The molecule has 4 heteroatoms. The maximum Gasteiger partial charge on any atom is 0.335 e.